The molecule has 2 heteroatoms. The van der Waals surface area contributed by atoms with Gasteiger partial charge in [0.15, 0.2) is 0 Å². The van der Waals surface area contributed by atoms with E-state index in [2.05, 4.69) is 32.0 Å². The van der Waals surface area contributed by atoms with Crippen LogP contribution in [-0.2, 0) is 11.2 Å². The highest BCUT2D eigenvalue weighted by molar-refractivity contribution is 5.96. The molecule has 1 heterocycles. The van der Waals surface area contributed by atoms with Gasteiger partial charge >= 0.3 is 0 Å². The zero-order chi connectivity index (χ0) is 13.1. The number of hydrogen-bond donors (Lipinski definition) is 0. The van der Waals surface area contributed by atoms with Crippen LogP contribution in [0, 0.1) is 12.8 Å². The van der Waals surface area contributed by atoms with E-state index in [0.29, 0.717) is 5.91 Å². The van der Waals surface area contributed by atoms with Gasteiger partial charge in [-0.15, -0.1) is 0 Å². The second-order valence-corrected chi connectivity index (χ2v) is 5.42. The lowest BCUT2D eigenvalue weighted by molar-refractivity contribution is -0.122. The number of fused-ring (bicyclic) bond motifs is 1. The minimum Gasteiger partial charge on any atom is -0.312 e. The van der Waals surface area contributed by atoms with Crippen LogP contribution in [0.15, 0.2) is 18.2 Å². The number of aryl methyl sites for hydroxylation is 2. The van der Waals surface area contributed by atoms with Crippen LogP contribution < -0.4 is 4.90 Å². The Morgan fingerprint density at radius 2 is 2.22 bits per heavy atom. The summed E-state index contributed by atoms with van der Waals surface area (Å²) in [6.45, 7) is 7.18. The lowest BCUT2D eigenvalue weighted by Crippen LogP contribution is -2.38. The fourth-order valence-electron chi connectivity index (χ4n) is 2.78. The van der Waals surface area contributed by atoms with Crippen LogP contribution in [-0.4, -0.2) is 12.5 Å². The molecule has 1 amide bonds. The zero-order valence-corrected chi connectivity index (χ0v) is 11.7. The Kier molecular flexibility index (Phi) is 4.05. The van der Waals surface area contributed by atoms with Crippen molar-refractivity contribution in [1.29, 1.82) is 0 Å². The highest BCUT2D eigenvalue weighted by Gasteiger charge is 2.25. The van der Waals surface area contributed by atoms with Crippen molar-refractivity contribution in [2.45, 2.75) is 46.5 Å². The molecule has 1 aliphatic heterocycles. The summed E-state index contributed by atoms with van der Waals surface area (Å²) in [4.78, 5) is 14.5. The SMILES string of the molecule is CCCC(C)C(=O)N1CCCc2cc(C)ccc21. The quantitative estimate of drug-likeness (QED) is 0.795. The maximum atomic E-state index is 12.5. The highest BCUT2D eigenvalue weighted by atomic mass is 16.2. The maximum Gasteiger partial charge on any atom is 0.229 e. The molecule has 0 N–H and O–H groups in total. The van der Waals surface area contributed by atoms with E-state index in [-0.39, 0.29) is 5.92 Å². The molecule has 1 aliphatic rings. The van der Waals surface area contributed by atoms with E-state index in [1.54, 1.807) is 0 Å². The Bertz CT molecular complexity index is 439. The fourth-order valence-corrected chi connectivity index (χ4v) is 2.78. The molecule has 0 spiro atoms. The van der Waals surface area contributed by atoms with E-state index in [9.17, 15) is 4.79 Å². The molecule has 0 saturated carbocycles. The summed E-state index contributed by atoms with van der Waals surface area (Å²) in [6.07, 6.45) is 4.24. The van der Waals surface area contributed by atoms with Crippen LogP contribution in [0.3, 0.4) is 0 Å². The van der Waals surface area contributed by atoms with Gasteiger partial charge in [0.05, 0.1) is 0 Å². The van der Waals surface area contributed by atoms with E-state index in [1.807, 2.05) is 11.8 Å². The van der Waals surface area contributed by atoms with E-state index in [0.717, 1.165) is 37.9 Å². The molecule has 2 rings (SSSR count). The van der Waals surface area contributed by atoms with Gasteiger partial charge in [-0.25, -0.2) is 0 Å². The highest BCUT2D eigenvalue weighted by Crippen LogP contribution is 2.29. The van der Waals surface area contributed by atoms with Gasteiger partial charge < -0.3 is 4.90 Å². The van der Waals surface area contributed by atoms with E-state index in [4.69, 9.17) is 0 Å². The van der Waals surface area contributed by atoms with Crippen molar-refractivity contribution in [3.8, 4) is 0 Å². The molecule has 1 aromatic carbocycles. The van der Waals surface area contributed by atoms with Crippen molar-refractivity contribution in [2.75, 3.05) is 11.4 Å². The number of rotatable bonds is 3. The van der Waals surface area contributed by atoms with E-state index >= 15 is 0 Å². The summed E-state index contributed by atoms with van der Waals surface area (Å²) >= 11 is 0. The molecule has 0 aliphatic carbocycles. The first-order chi connectivity index (χ1) is 8.63. The third kappa shape index (κ3) is 2.58. The monoisotopic (exact) mass is 245 g/mol. The summed E-state index contributed by atoms with van der Waals surface area (Å²) in [5, 5.41) is 0. The van der Waals surface area contributed by atoms with Gasteiger partial charge in [0.25, 0.3) is 0 Å². The summed E-state index contributed by atoms with van der Waals surface area (Å²) in [7, 11) is 0. The summed E-state index contributed by atoms with van der Waals surface area (Å²) in [5.74, 6) is 0.434. The lowest BCUT2D eigenvalue weighted by Gasteiger charge is -2.31. The third-order valence-electron chi connectivity index (χ3n) is 3.76. The van der Waals surface area contributed by atoms with Crippen LogP contribution in [0.25, 0.3) is 0 Å². The van der Waals surface area contributed by atoms with Crippen molar-refractivity contribution in [3.63, 3.8) is 0 Å². The Morgan fingerprint density at radius 1 is 1.44 bits per heavy atom. The molecule has 0 saturated heterocycles. The summed E-state index contributed by atoms with van der Waals surface area (Å²) in [5.41, 5.74) is 3.75. The van der Waals surface area contributed by atoms with Gasteiger partial charge in [-0.1, -0.05) is 38.0 Å². The van der Waals surface area contributed by atoms with Gasteiger partial charge in [-0.3, -0.25) is 4.79 Å². The molecule has 0 fully saturated rings. The first-order valence-electron chi connectivity index (χ1n) is 7.04. The normalized spacial score (nSPS) is 16.3. The van der Waals surface area contributed by atoms with Crippen molar-refractivity contribution >= 4 is 11.6 Å². The van der Waals surface area contributed by atoms with Gasteiger partial charge in [0.2, 0.25) is 5.91 Å². The molecule has 18 heavy (non-hydrogen) atoms. The van der Waals surface area contributed by atoms with Crippen molar-refractivity contribution in [1.82, 2.24) is 0 Å². The number of carbonyl (C=O) groups is 1. The zero-order valence-electron chi connectivity index (χ0n) is 11.7. The number of benzene rings is 1. The van der Waals surface area contributed by atoms with Crippen molar-refractivity contribution in [2.24, 2.45) is 5.92 Å². The molecule has 2 nitrogen and oxygen atoms in total. The number of anilines is 1. The molecule has 0 bridgehead atoms. The van der Waals surface area contributed by atoms with Crippen molar-refractivity contribution in [3.05, 3.63) is 29.3 Å². The van der Waals surface area contributed by atoms with E-state index in [1.165, 1.54) is 11.1 Å². The second kappa shape index (κ2) is 5.55. The van der Waals surface area contributed by atoms with Crippen LogP contribution in [0.2, 0.25) is 0 Å². The molecular weight excluding hydrogens is 222 g/mol. The molecule has 1 aromatic rings. The van der Waals surface area contributed by atoms with Gasteiger partial charge in [0, 0.05) is 18.2 Å². The molecule has 98 valence electrons. The first kappa shape index (κ1) is 13.1. The van der Waals surface area contributed by atoms with Crippen molar-refractivity contribution < 1.29 is 4.79 Å². The maximum absolute atomic E-state index is 12.5. The van der Waals surface area contributed by atoms with Crippen LogP contribution >= 0.6 is 0 Å². The fraction of sp³-hybridized carbons (Fsp3) is 0.562. The standard InChI is InChI=1S/C16H23NO/c1-4-6-13(3)16(18)17-10-5-7-14-11-12(2)8-9-15(14)17/h8-9,11,13H,4-7,10H2,1-3H3. The molecule has 0 radical (unpaired) electrons. The minimum atomic E-state index is 0.141. The third-order valence-corrected chi connectivity index (χ3v) is 3.76. The first-order valence-corrected chi connectivity index (χ1v) is 7.04. The lowest BCUT2D eigenvalue weighted by atomic mass is 9.97. The number of hydrogen-bond acceptors (Lipinski definition) is 1. The molecular formula is C16H23NO. The van der Waals surface area contributed by atoms with Gasteiger partial charge in [-0.05, 0) is 37.8 Å². The summed E-state index contributed by atoms with van der Waals surface area (Å²) in [6, 6.07) is 6.44. The number of carbonyl (C=O) groups excluding carboxylic acids is 1. The predicted molar refractivity (Wildman–Crippen MR) is 75.9 cm³/mol. The average molecular weight is 245 g/mol. The van der Waals surface area contributed by atoms with Crippen LogP contribution in [0.4, 0.5) is 5.69 Å². The molecule has 1 atom stereocenters. The van der Waals surface area contributed by atoms with Gasteiger partial charge in [0.1, 0.15) is 0 Å². The molecule has 1 unspecified atom stereocenters. The number of nitrogens with zero attached hydrogens (tertiary/aromatic N) is 1. The smallest absolute Gasteiger partial charge is 0.229 e. The average Bonchev–Trinajstić information content (AvgIpc) is 2.37. The summed E-state index contributed by atoms with van der Waals surface area (Å²) < 4.78 is 0. The van der Waals surface area contributed by atoms with Gasteiger partial charge in [-0.2, -0.15) is 0 Å². The second-order valence-electron chi connectivity index (χ2n) is 5.42. The Labute approximate surface area is 110 Å². The largest absolute Gasteiger partial charge is 0.312 e. The van der Waals surface area contributed by atoms with E-state index < -0.39 is 0 Å². The molecule has 0 aromatic heterocycles. The Hall–Kier alpha value is -1.31. The minimum absolute atomic E-state index is 0.141. The Morgan fingerprint density at radius 3 is 2.94 bits per heavy atom. The topological polar surface area (TPSA) is 20.3 Å². The number of amides is 1. The van der Waals surface area contributed by atoms with Crippen LogP contribution in [0.1, 0.15) is 44.2 Å². The Balaban J connectivity index is 2.24. The van der Waals surface area contributed by atoms with Crippen LogP contribution in [0.5, 0.6) is 0 Å². The predicted octanol–water partition coefficient (Wildman–Crippen LogP) is 3.71.